The highest BCUT2D eigenvalue weighted by Gasteiger charge is 2.23. The zero-order valence-corrected chi connectivity index (χ0v) is 11.2. The molecule has 0 fully saturated rings. The predicted octanol–water partition coefficient (Wildman–Crippen LogP) is 1.58. The van der Waals surface area contributed by atoms with Crippen LogP contribution in [0.15, 0.2) is 6.20 Å². The lowest BCUT2D eigenvalue weighted by Gasteiger charge is -2.25. The topological polar surface area (TPSA) is 76.9 Å². The van der Waals surface area contributed by atoms with Crippen molar-refractivity contribution in [3.8, 4) is 6.07 Å². The van der Waals surface area contributed by atoms with Crippen molar-refractivity contribution in [2.75, 3.05) is 5.73 Å². The number of ether oxygens (including phenoxy) is 1. The summed E-state index contributed by atoms with van der Waals surface area (Å²) in [4.78, 5) is 0. The maximum atomic E-state index is 8.72. The Morgan fingerprint density at radius 3 is 2.69 bits per heavy atom. The molecule has 0 radical (unpaired) electrons. The highest BCUT2D eigenvalue weighted by Crippen LogP contribution is 2.12. The molecule has 2 N–H and O–H groups in total. The summed E-state index contributed by atoms with van der Waals surface area (Å²) in [6.07, 6.45) is 1.60. The van der Waals surface area contributed by atoms with Crippen molar-refractivity contribution in [2.24, 2.45) is 0 Å². The van der Waals surface area contributed by atoms with Crippen LogP contribution in [-0.2, 0) is 11.5 Å². The first-order valence-corrected chi connectivity index (χ1v) is 8.77. The van der Waals surface area contributed by atoms with Crippen LogP contribution >= 0.6 is 0 Å². The Bertz CT molecular complexity index is 402. The summed E-state index contributed by atoms with van der Waals surface area (Å²) < 4.78 is 7.26. The van der Waals surface area contributed by atoms with Gasteiger partial charge in [0, 0.05) is 11.9 Å². The second-order valence-corrected chi connectivity index (χ2v) is 10.4. The summed E-state index contributed by atoms with van der Waals surface area (Å²) in [6.45, 7) is 9.16. The first-order chi connectivity index (χ1) is 7.34. The summed E-state index contributed by atoms with van der Waals surface area (Å²) in [5.74, 6) is 0.256. The van der Waals surface area contributed by atoms with Gasteiger partial charge in [0.2, 0.25) is 0 Å². The smallest absolute Gasteiger partial charge is 0.163 e. The number of nitrogens with zero attached hydrogens (tertiary/aromatic N) is 3. The number of nitrogens with two attached hydrogens (primary N) is 1. The van der Waals surface area contributed by atoms with E-state index in [0.29, 0.717) is 12.3 Å². The van der Waals surface area contributed by atoms with Crippen LogP contribution in [0.5, 0.6) is 0 Å². The van der Waals surface area contributed by atoms with Gasteiger partial charge in [-0.3, -0.25) is 0 Å². The number of hydrogen-bond acceptors (Lipinski definition) is 4. The molecule has 1 heterocycles. The Morgan fingerprint density at radius 1 is 1.62 bits per heavy atom. The molecule has 5 nitrogen and oxygen atoms in total. The van der Waals surface area contributed by atoms with Crippen molar-refractivity contribution in [3.05, 3.63) is 11.8 Å². The third-order valence-electron chi connectivity index (χ3n) is 2.59. The lowest BCUT2D eigenvalue weighted by atomic mass is 10.4. The van der Waals surface area contributed by atoms with E-state index in [-0.39, 0.29) is 11.5 Å². The standard InChI is InChI=1S/C10H18N4OSi/c1-8(16(2,3)4)15-7-14-6-9(5-11)10(12)13-14/h6,8H,7H2,1-4H3,(H2,12,13). The average molecular weight is 238 g/mol. The first kappa shape index (κ1) is 12.7. The van der Waals surface area contributed by atoms with E-state index in [1.54, 1.807) is 10.9 Å². The predicted molar refractivity (Wildman–Crippen MR) is 65.2 cm³/mol. The molecule has 1 aromatic heterocycles. The summed E-state index contributed by atoms with van der Waals surface area (Å²) in [6, 6.07) is 1.98. The molecule has 0 aliphatic rings. The molecule has 0 aromatic carbocycles. The molecule has 88 valence electrons. The number of anilines is 1. The van der Waals surface area contributed by atoms with Crippen LogP contribution in [0.1, 0.15) is 12.5 Å². The molecule has 0 bridgehead atoms. The highest BCUT2D eigenvalue weighted by atomic mass is 28.3. The molecule has 6 heteroatoms. The van der Waals surface area contributed by atoms with Gasteiger partial charge in [0.25, 0.3) is 0 Å². The Labute approximate surface area is 96.8 Å². The Kier molecular flexibility index (Phi) is 3.73. The monoisotopic (exact) mass is 238 g/mol. The molecular formula is C10H18N4OSi. The second kappa shape index (κ2) is 4.68. The third-order valence-corrected chi connectivity index (χ3v) is 5.19. The van der Waals surface area contributed by atoms with Gasteiger partial charge in [-0.05, 0) is 6.92 Å². The van der Waals surface area contributed by atoms with E-state index in [1.807, 2.05) is 6.07 Å². The fraction of sp³-hybridized carbons (Fsp3) is 0.600. The van der Waals surface area contributed by atoms with Gasteiger partial charge in [-0.15, -0.1) is 0 Å². The van der Waals surface area contributed by atoms with Crippen molar-refractivity contribution in [1.29, 1.82) is 5.26 Å². The number of aromatic nitrogens is 2. The molecule has 1 atom stereocenters. The van der Waals surface area contributed by atoms with Crippen molar-refractivity contribution in [1.82, 2.24) is 9.78 Å². The van der Waals surface area contributed by atoms with Gasteiger partial charge >= 0.3 is 0 Å². The van der Waals surface area contributed by atoms with Crippen LogP contribution in [-0.4, -0.2) is 23.6 Å². The van der Waals surface area contributed by atoms with Gasteiger partial charge in [0.15, 0.2) is 5.82 Å². The Morgan fingerprint density at radius 2 is 2.25 bits per heavy atom. The van der Waals surface area contributed by atoms with Crippen molar-refractivity contribution >= 4 is 13.9 Å². The molecule has 1 aromatic rings. The highest BCUT2D eigenvalue weighted by molar-refractivity contribution is 6.77. The van der Waals surface area contributed by atoms with Crippen molar-refractivity contribution < 1.29 is 4.74 Å². The summed E-state index contributed by atoms with van der Waals surface area (Å²) >= 11 is 0. The van der Waals surface area contributed by atoms with E-state index in [0.717, 1.165) is 0 Å². The Hall–Kier alpha value is -1.32. The summed E-state index contributed by atoms with van der Waals surface area (Å²) in [7, 11) is -1.29. The fourth-order valence-electron chi connectivity index (χ4n) is 1.03. The maximum Gasteiger partial charge on any atom is 0.163 e. The van der Waals surface area contributed by atoms with Gasteiger partial charge in [-0.25, -0.2) is 4.68 Å². The lowest BCUT2D eigenvalue weighted by molar-refractivity contribution is 0.0492. The van der Waals surface area contributed by atoms with Crippen LogP contribution in [0.4, 0.5) is 5.82 Å². The molecule has 1 unspecified atom stereocenters. The summed E-state index contributed by atoms with van der Waals surface area (Å²) in [5, 5.41) is 12.7. The molecule has 0 saturated carbocycles. The largest absolute Gasteiger partial charge is 0.381 e. The minimum absolute atomic E-state index is 0.239. The second-order valence-electron chi connectivity index (χ2n) is 4.88. The normalized spacial score (nSPS) is 13.4. The van der Waals surface area contributed by atoms with E-state index in [2.05, 4.69) is 31.7 Å². The molecule has 16 heavy (non-hydrogen) atoms. The van der Waals surface area contributed by atoms with Crippen LogP contribution in [0.25, 0.3) is 0 Å². The van der Waals surface area contributed by atoms with E-state index in [9.17, 15) is 0 Å². The number of hydrogen-bond donors (Lipinski definition) is 1. The number of nitrogen functional groups attached to an aromatic ring is 1. The molecule has 0 aliphatic heterocycles. The van der Waals surface area contributed by atoms with E-state index in [4.69, 9.17) is 15.7 Å². The SMILES string of the molecule is CC(OCn1cc(C#N)c(N)n1)[Si](C)(C)C. The van der Waals surface area contributed by atoms with Crippen LogP contribution < -0.4 is 5.73 Å². The molecule has 0 saturated heterocycles. The quantitative estimate of drug-likeness (QED) is 0.808. The maximum absolute atomic E-state index is 8.72. The minimum atomic E-state index is -1.29. The third kappa shape index (κ3) is 3.08. The van der Waals surface area contributed by atoms with Crippen LogP contribution in [0.2, 0.25) is 19.6 Å². The van der Waals surface area contributed by atoms with E-state index < -0.39 is 8.07 Å². The van der Waals surface area contributed by atoms with Crippen LogP contribution in [0, 0.1) is 11.3 Å². The van der Waals surface area contributed by atoms with E-state index in [1.165, 1.54) is 0 Å². The molecule has 0 amide bonds. The van der Waals surface area contributed by atoms with E-state index >= 15 is 0 Å². The molecule has 0 aliphatic carbocycles. The average Bonchev–Trinajstić information content (AvgIpc) is 2.54. The fourth-order valence-corrected chi connectivity index (χ4v) is 1.60. The van der Waals surface area contributed by atoms with Crippen LogP contribution in [0.3, 0.4) is 0 Å². The molecule has 1 rings (SSSR count). The van der Waals surface area contributed by atoms with Crippen molar-refractivity contribution in [3.63, 3.8) is 0 Å². The summed E-state index contributed by atoms with van der Waals surface area (Å²) in [5.41, 5.74) is 6.17. The van der Waals surface area contributed by atoms with Gasteiger partial charge in [-0.1, -0.05) is 19.6 Å². The van der Waals surface area contributed by atoms with Crippen molar-refractivity contribution in [2.45, 2.75) is 39.0 Å². The van der Waals surface area contributed by atoms with Gasteiger partial charge in [-0.2, -0.15) is 10.4 Å². The molecule has 0 spiro atoms. The lowest BCUT2D eigenvalue weighted by Crippen LogP contribution is -2.38. The van der Waals surface area contributed by atoms with Gasteiger partial charge in [0.05, 0.1) is 8.07 Å². The number of nitriles is 1. The first-order valence-electron chi connectivity index (χ1n) is 5.19. The minimum Gasteiger partial charge on any atom is -0.381 e. The zero-order valence-electron chi connectivity index (χ0n) is 10.2. The number of rotatable bonds is 4. The Balaban J connectivity index is 2.59. The zero-order chi connectivity index (χ0) is 12.3. The van der Waals surface area contributed by atoms with Gasteiger partial charge < -0.3 is 10.5 Å². The molecular weight excluding hydrogens is 220 g/mol. The van der Waals surface area contributed by atoms with Gasteiger partial charge in [0.1, 0.15) is 18.4 Å².